The zero-order chi connectivity index (χ0) is 15.8. The molecule has 3 nitrogen and oxygen atoms in total. The van der Waals surface area contributed by atoms with E-state index < -0.39 is 11.2 Å². The molecule has 1 N–H and O–H groups in total. The van der Waals surface area contributed by atoms with Crippen molar-refractivity contribution in [2.45, 2.75) is 58.7 Å². The Balaban J connectivity index is 2.12. The summed E-state index contributed by atoms with van der Waals surface area (Å²) in [7, 11) is 1.59. The third-order valence-electron chi connectivity index (χ3n) is 4.87. The first kappa shape index (κ1) is 16.6. The van der Waals surface area contributed by atoms with Gasteiger partial charge in [0.2, 0.25) is 0 Å². The highest BCUT2D eigenvalue weighted by atomic mass is 19.1. The Kier molecular flexibility index (Phi) is 4.55. The Hall–Kier alpha value is -0.805. The number of hydrogen-bond acceptors (Lipinski definition) is 3. The van der Waals surface area contributed by atoms with E-state index in [9.17, 15) is 9.50 Å². The smallest absolute Gasteiger partial charge is 0.327 e. The van der Waals surface area contributed by atoms with Crippen LogP contribution in [0.4, 0.5) is 4.39 Å². The molecule has 1 radical (unpaired) electrons. The second-order valence-corrected chi connectivity index (χ2v) is 7.05. The fourth-order valence-corrected chi connectivity index (χ4v) is 2.53. The van der Waals surface area contributed by atoms with E-state index in [0.29, 0.717) is 12.4 Å². The quantitative estimate of drug-likeness (QED) is 0.809. The Morgan fingerprint density at radius 2 is 2.05 bits per heavy atom. The molecule has 2 unspecified atom stereocenters. The fraction of sp³-hybridized carbons (Fsp3) is 0.750. The van der Waals surface area contributed by atoms with E-state index in [0.717, 1.165) is 18.3 Å². The van der Waals surface area contributed by atoms with Crippen LogP contribution in [0.3, 0.4) is 0 Å². The Bertz CT molecular complexity index is 463. The van der Waals surface area contributed by atoms with Crippen molar-refractivity contribution in [1.29, 1.82) is 0 Å². The third kappa shape index (κ3) is 3.34. The van der Waals surface area contributed by atoms with Crippen LogP contribution in [-0.4, -0.2) is 30.4 Å². The maximum absolute atomic E-state index is 14.1. The molecule has 0 saturated carbocycles. The molecule has 2 atom stereocenters. The van der Waals surface area contributed by atoms with Crippen molar-refractivity contribution in [2.75, 3.05) is 6.61 Å². The van der Waals surface area contributed by atoms with Gasteiger partial charge in [0.1, 0.15) is 5.76 Å². The van der Waals surface area contributed by atoms with Gasteiger partial charge in [-0.2, -0.15) is 0 Å². The zero-order valence-electron chi connectivity index (χ0n) is 13.6. The SMILES string of the molecule is CC1C([B]OC(C)(C)C(C)(C)O)=CC(F)=C2OCCCC21. The van der Waals surface area contributed by atoms with Gasteiger partial charge < -0.3 is 14.5 Å². The van der Waals surface area contributed by atoms with E-state index in [2.05, 4.69) is 6.92 Å². The molecule has 2 rings (SSSR count). The fourth-order valence-electron chi connectivity index (χ4n) is 2.53. The van der Waals surface area contributed by atoms with Crippen LogP contribution in [0.1, 0.15) is 47.5 Å². The standard InChI is InChI=1S/C16H25BFO3/c1-10-11-7-6-8-20-14(11)13(18)9-12(10)17-21-16(4,5)15(2,3)19/h9-11,19H,6-8H2,1-5H3. The molecule has 0 aromatic heterocycles. The summed E-state index contributed by atoms with van der Waals surface area (Å²) in [5, 5.41) is 10.1. The minimum absolute atomic E-state index is 0.0869. The number of rotatable bonds is 4. The maximum Gasteiger partial charge on any atom is 0.327 e. The molecule has 0 aromatic carbocycles. The molecule has 1 aliphatic carbocycles. The first-order valence-electron chi connectivity index (χ1n) is 7.61. The predicted octanol–water partition coefficient (Wildman–Crippen LogP) is 3.31. The summed E-state index contributed by atoms with van der Waals surface area (Å²) in [5.74, 6) is 0.433. The van der Waals surface area contributed by atoms with Crippen LogP contribution >= 0.6 is 0 Å². The van der Waals surface area contributed by atoms with E-state index in [1.165, 1.54) is 6.08 Å². The summed E-state index contributed by atoms with van der Waals surface area (Å²) in [5.41, 5.74) is -0.934. The summed E-state index contributed by atoms with van der Waals surface area (Å²) in [6, 6.07) is 0. The molecule has 1 heterocycles. The van der Waals surface area contributed by atoms with E-state index in [4.69, 9.17) is 9.39 Å². The topological polar surface area (TPSA) is 38.7 Å². The predicted molar refractivity (Wildman–Crippen MR) is 81.3 cm³/mol. The van der Waals surface area contributed by atoms with E-state index in [-0.39, 0.29) is 17.7 Å². The van der Waals surface area contributed by atoms with Crippen molar-refractivity contribution in [1.82, 2.24) is 0 Å². The van der Waals surface area contributed by atoms with Crippen LogP contribution in [0.25, 0.3) is 0 Å². The average Bonchev–Trinajstić information content (AvgIpc) is 2.40. The van der Waals surface area contributed by atoms with Crippen LogP contribution in [0.5, 0.6) is 0 Å². The lowest BCUT2D eigenvalue weighted by molar-refractivity contribution is -0.0899. The number of hydrogen-bond donors (Lipinski definition) is 1. The van der Waals surface area contributed by atoms with Crippen LogP contribution in [0.2, 0.25) is 0 Å². The molecule has 2 aliphatic rings. The monoisotopic (exact) mass is 295 g/mol. The molecule has 21 heavy (non-hydrogen) atoms. The van der Waals surface area contributed by atoms with Crippen LogP contribution in [-0.2, 0) is 9.39 Å². The van der Waals surface area contributed by atoms with Crippen molar-refractivity contribution >= 4 is 7.48 Å². The van der Waals surface area contributed by atoms with Gasteiger partial charge in [-0.1, -0.05) is 12.4 Å². The summed E-state index contributed by atoms with van der Waals surface area (Å²) in [6.07, 6.45) is 3.38. The maximum atomic E-state index is 14.1. The first-order valence-corrected chi connectivity index (χ1v) is 7.61. The lowest BCUT2D eigenvalue weighted by Gasteiger charge is -2.39. The van der Waals surface area contributed by atoms with Crippen LogP contribution in [0.15, 0.2) is 23.1 Å². The van der Waals surface area contributed by atoms with Gasteiger partial charge in [-0.05, 0) is 52.5 Å². The van der Waals surface area contributed by atoms with Crippen molar-refractivity contribution in [3.63, 3.8) is 0 Å². The molecule has 0 aromatic rings. The van der Waals surface area contributed by atoms with Crippen molar-refractivity contribution < 1.29 is 18.9 Å². The lowest BCUT2D eigenvalue weighted by atomic mass is 9.67. The molecule has 1 aliphatic heterocycles. The minimum Gasteiger partial charge on any atom is -0.495 e. The average molecular weight is 295 g/mol. The normalized spacial score (nSPS) is 26.9. The van der Waals surface area contributed by atoms with Gasteiger partial charge in [-0.3, -0.25) is 0 Å². The van der Waals surface area contributed by atoms with Gasteiger partial charge >= 0.3 is 7.48 Å². The van der Waals surface area contributed by atoms with Crippen molar-refractivity contribution in [3.8, 4) is 0 Å². The summed E-state index contributed by atoms with van der Waals surface area (Å²) in [4.78, 5) is 0. The van der Waals surface area contributed by atoms with Crippen molar-refractivity contribution in [2.24, 2.45) is 11.8 Å². The third-order valence-corrected chi connectivity index (χ3v) is 4.87. The lowest BCUT2D eigenvalue weighted by Crippen LogP contribution is -2.48. The van der Waals surface area contributed by atoms with E-state index in [1.54, 1.807) is 21.3 Å². The molecule has 5 heteroatoms. The number of allylic oxidation sites excluding steroid dienone is 4. The number of halogens is 1. The van der Waals surface area contributed by atoms with Gasteiger partial charge in [-0.15, -0.1) is 0 Å². The molecule has 117 valence electrons. The van der Waals surface area contributed by atoms with E-state index in [1.807, 2.05) is 13.8 Å². The van der Waals surface area contributed by atoms with Crippen LogP contribution < -0.4 is 0 Å². The first-order chi connectivity index (χ1) is 9.63. The zero-order valence-corrected chi connectivity index (χ0v) is 13.6. The second-order valence-electron chi connectivity index (χ2n) is 7.05. The van der Waals surface area contributed by atoms with Gasteiger partial charge in [0.25, 0.3) is 0 Å². The van der Waals surface area contributed by atoms with Gasteiger partial charge in [0.05, 0.1) is 17.8 Å². The molecular weight excluding hydrogens is 270 g/mol. The number of fused-ring (bicyclic) bond motifs is 1. The highest BCUT2D eigenvalue weighted by molar-refractivity contribution is 6.38. The number of aliphatic hydroxyl groups is 1. The van der Waals surface area contributed by atoms with Gasteiger partial charge in [-0.25, -0.2) is 4.39 Å². The molecular formula is C16H25BFO3. The highest BCUT2D eigenvalue weighted by Gasteiger charge is 2.39. The molecule has 1 saturated heterocycles. The Morgan fingerprint density at radius 1 is 1.38 bits per heavy atom. The molecule has 1 fully saturated rings. The molecule has 0 spiro atoms. The summed E-state index contributed by atoms with van der Waals surface area (Å²) in [6.45, 7) is 9.70. The molecule has 0 amide bonds. The van der Waals surface area contributed by atoms with Crippen molar-refractivity contribution in [3.05, 3.63) is 23.1 Å². The van der Waals surface area contributed by atoms with Gasteiger partial charge in [0.15, 0.2) is 5.83 Å². The van der Waals surface area contributed by atoms with E-state index >= 15 is 0 Å². The Morgan fingerprint density at radius 3 is 2.67 bits per heavy atom. The summed E-state index contributed by atoms with van der Waals surface area (Å²) >= 11 is 0. The second kappa shape index (κ2) is 5.77. The Labute approximate surface area is 127 Å². The minimum atomic E-state index is -0.991. The summed E-state index contributed by atoms with van der Waals surface area (Å²) < 4.78 is 25.4. The van der Waals surface area contributed by atoms with Crippen LogP contribution in [0, 0.1) is 11.8 Å². The highest BCUT2D eigenvalue weighted by Crippen LogP contribution is 2.41. The number of ether oxygens (including phenoxy) is 1. The molecule has 0 bridgehead atoms. The largest absolute Gasteiger partial charge is 0.495 e. The van der Waals surface area contributed by atoms with Gasteiger partial charge in [0, 0.05) is 5.92 Å².